The summed E-state index contributed by atoms with van der Waals surface area (Å²) < 4.78 is 58.1. The minimum absolute atomic E-state index is 0.0698. The standard InChI is InChI=1S/C33H25F3O5/c1-20-16-21(2)18-25(17-20)39-30-29(37)27-15-14-24(19-28(27)41-31(30)33(34,35)36)40-32(38)26-11-7-6-10-23(26)13-12-22-8-4-3-5-9-22/h3-11,14-19H,12-13H2,1-2H3. The van der Waals surface area contributed by atoms with E-state index in [2.05, 4.69) is 0 Å². The van der Waals surface area contributed by atoms with Crippen LogP contribution in [-0.2, 0) is 19.0 Å². The van der Waals surface area contributed by atoms with E-state index >= 15 is 0 Å². The smallest absolute Gasteiger partial charge is 0.449 e. The maximum atomic E-state index is 14.0. The third-order valence-corrected chi connectivity index (χ3v) is 6.47. The fourth-order valence-electron chi connectivity index (χ4n) is 4.63. The summed E-state index contributed by atoms with van der Waals surface area (Å²) in [4.78, 5) is 26.2. The quantitative estimate of drug-likeness (QED) is 0.149. The number of benzene rings is 4. The predicted molar refractivity (Wildman–Crippen MR) is 149 cm³/mol. The van der Waals surface area contributed by atoms with Crippen LogP contribution < -0.4 is 14.9 Å². The zero-order valence-electron chi connectivity index (χ0n) is 22.2. The molecule has 4 aromatic carbocycles. The molecule has 5 rings (SSSR count). The summed E-state index contributed by atoms with van der Waals surface area (Å²) in [6.07, 6.45) is -3.73. The highest BCUT2D eigenvalue weighted by Gasteiger charge is 2.40. The fourth-order valence-corrected chi connectivity index (χ4v) is 4.63. The second kappa shape index (κ2) is 11.3. The maximum absolute atomic E-state index is 14.0. The molecule has 0 spiro atoms. The third kappa shape index (κ3) is 6.32. The minimum atomic E-state index is -5.02. The Morgan fingerprint density at radius 3 is 2.20 bits per heavy atom. The largest absolute Gasteiger partial charge is 0.453 e. The lowest BCUT2D eigenvalue weighted by molar-refractivity contribution is -0.154. The molecule has 0 unspecified atom stereocenters. The molecule has 0 N–H and O–H groups in total. The van der Waals surface area contributed by atoms with Gasteiger partial charge in [0, 0.05) is 6.07 Å². The summed E-state index contributed by atoms with van der Waals surface area (Å²) in [6.45, 7) is 3.52. The van der Waals surface area contributed by atoms with Crippen molar-refractivity contribution in [3.63, 3.8) is 0 Å². The molecule has 1 heterocycles. The number of ether oxygens (including phenoxy) is 2. The van der Waals surface area contributed by atoms with Crippen LogP contribution in [0, 0.1) is 13.8 Å². The maximum Gasteiger partial charge on any atom is 0.453 e. The molecule has 1 aromatic heterocycles. The van der Waals surface area contributed by atoms with E-state index in [1.54, 1.807) is 26.0 Å². The Bertz CT molecular complexity index is 1770. The van der Waals surface area contributed by atoms with Crippen LogP contribution in [-0.4, -0.2) is 5.97 Å². The molecule has 0 saturated carbocycles. The molecule has 0 bridgehead atoms. The van der Waals surface area contributed by atoms with Gasteiger partial charge in [0.1, 0.15) is 17.1 Å². The molecule has 0 atom stereocenters. The van der Waals surface area contributed by atoms with Gasteiger partial charge in [0.2, 0.25) is 11.2 Å². The molecule has 0 amide bonds. The van der Waals surface area contributed by atoms with E-state index in [1.165, 1.54) is 24.3 Å². The molecule has 0 saturated heterocycles. The van der Waals surface area contributed by atoms with Gasteiger partial charge in [0.05, 0.1) is 10.9 Å². The van der Waals surface area contributed by atoms with Crippen LogP contribution in [0.25, 0.3) is 11.0 Å². The summed E-state index contributed by atoms with van der Waals surface area (Å²) in [5, 5.41) is -0.152. The van der Waals surface area contributed by atoms with Gasteiger partial charge in [-0.25, -0.2) is 4.79 Å². The summed E-state index contributed by atoms with van der Waals surface area (Å²) in [5.74, 6) is -3.21. The molecular formula is C33H25F3O5. The number of fused-ring (bicyclic) bond motifs is 1. The monoisotopic (exact) mass is 558 g/mol. The second-order valence-corrected chi connectivity index (χ2v) is 9.70. The highest BCUT2D eigenvalue weighted by molar-refractivity contribution is 5.93. The Balaban J connectivity index is 1.45. The van der Waals surface area contributed by atoms with Crippen LogP contribution in [0.15, 0.2) is 100 Å². The van der Waals surface area contributed by atoms with Crippen molar-refractivity contribution in [1.82, 2.24) is 0 Å². The predicted octanol–water partition coefficient (Wildman–Crippen LogP) is 8.23. The first kappa shape index (κ1) is 27.7. The summed E-state index contributed by atoms with van der Waals surface area (Å²) in [7, 11) is 0. The molecule has 0 aliphatic rings. The van der Waals surface area contributed by atoms with Crippen molar-refractivity contribution in [3.05, 3.63) is 135 Å². The second-order valence-electron chi connectivity index (χ2n) is 9.70. The number of esters is 1. The van der Waals surface area contributed by atoms with Crippen molar-refractivity contribution >= 4 is 16.9 Å². The number of hydrogen-bond acceptors (Lipinski definition) is 5. The SMILES string of the molecule is Cc1cc(C)cc(Oc2c(C(F)(F)F)oc3cc(OC(=O)c4ccccc4CCc4ccccc4)ccc3c2=O)c1. The van der Waals surface area contributed by atoms with Crippen LogP contribution in [0.1, 0.15) is 38.4 Å². The minimum Gasteiger partial charge on any atom is -0.449 e. The fraction of sp³-hybridized carbons (Fsp3) is 0.152. The van der Waals surface area contributed by atoms with Gasteiger partial charge in [-0.05, 0) is 79.3 Å². The van der Waals surface area contributed by atoms with Crippen molar-refractivity contribution in [3.8, 4) is 17.2 Å². The number of carbonyl (C=O) groups excluding carboxylic acids is 1. The van der Waals surface area contributed by atoms with Crippen LogP contribution in [0.5, 0.6) is 17.2 Å². The third-order valence-electron chi connectivity index (χ3n) is 6.47. The van der Waals surface area contributed by atoms with Crippen LogP contribution in [0.4, 0.5) is 13.2 Å². The molecule has 5 aromatic rings. The molecule has 0 radical (unpaired) electrons. The first-order chi connectivity index (χ1) is 19.6. The highest BCUT2D eigenvalue weighted by Crippen LogP contribution is 2.39. The average molecular weight is 559 g/mol. The van der Waals surface area contributed by atoms with Crippen molar-refractivity contribution in [2.24, 2.45) is 0 Å². The molecular weight excluding hydrogens is 533 g/mol. The molecule has 208 valence electrons. The number of carbonyl (C=O) groups is 1. The average Bonchev–Trinajstić information content (AvgIpc) is 2.93. The van der Waals surface area contributed by atoms with Gasteiger partial charge in [0.15, 0.2) is 0 Å². The first-order valence-corrected chi connectivity index (χ1v) is 12.9. The van der Waals surface area contributed by atoms with Gasteiger partial charge in [-0.3, -0.25) is 4.79 Å². The van der Waals surface area contributed by atoms with Crippen molar-refractivity contribution in [1.29, 1.82) is 0 Å². The normalized spacial score (nSPS) is 11.4. The Labute approximate surface area is 233 Å². The van der Waals surface area contributed by atoms with E-state index in [-0.39, 0.29) is 16.9 Å². The number of alkyl halides is 3. The number of hydrogen-bond donors (Lipinski definition) is 0. The van der Waals surface area contributed by atoms with E-state index < -0.39 is 34.7 Å². The van der Waals surface area contributed by atoms with Gasteiger partial charge in [-0.2, -0.15) is 13.2 Å². The van der Waals surface area contributed by atoms with Crippen molar-refractivity contribution in [2.45, 2.75) is 32.9 Å². The molecule has 41 heavy (non-hydrogen) atoms. The molecule has 0 aliphatic heterocycles. The molecule has 0 aliphatic carbocycles. The molecule has 8 heteroatoms. The van der Waals surface area contributed by atoms with Crippen LogP contribution >= 0.6 is 0 Å². The Morgan fingerprint density at radius 1 is 0.805 bits per heavy atom. The van der Waals surface area contributed by atoms with Gasteiger partial charge in [-0.1, -0.05) is 54.6 Å². The van der Waals surface area contributed by atoms with E-state index in [1.807, 2.05) is 48.5 Å². The van der Waals surface area contributed by atoms with Gasteiger partial charge >= 0.3 is 12.1 Å². The Morgan fingerprint density at radius 2 is 1.49 bits per heavy atom. The number of halogens is 3. The zero-order chi connectivity index (χ0) is 29.1. The number of rotatable bonds is 7. The van der Waals surface area contributed by atoms with Crippen molar-refractivity contribution in [2.75, 3.05) is 0 Å². The number of aryl methyl sites for hydroxylation is 4. The van der Waals surface area contributed by atoms with E-state index in [4.69, 9.17) is 13.9 Å². The topological polar surface area (TPSA) is 65.7 Å². The Kier molecular flexibility index (Phi) is 7.66. The molecule has 5 nitrogen and oxygen atoms in total. The van der Waals surface area contributed by atoms with Crippen LogP contribution in [0.2, 0.25) is 0 Å². The summed E-state index contributed by atoms with van der Waals surface area (Å²) in [6, 6.07) is 25.3. The van der Waals surface area contributed by atoms with E-state index in [0.717, 1.165) is 28.3 Å². The van der Waals surface area contributed by atoms with Crippen molar-refractivity contribution < 1.29 is 31.9 Å². The Hall–Kier alpha value is -4.85. The van der Waals surface area contributed by atoms with Gasteiger partial charge < -0.3 is 13.9 Å². The van der Waals surface area contributed by atoms with E-state index in [0.29, 0.717) is 18.4 Å². The lowest BCUT2D eigenvalue weighted by Gasteiger charge is -2.14. The lowest BCUT2D eigenvalue weighted by Crippen LogP contribution is -2.16. The zero-order valence-corrected chi connectivity index (χ0v) is 22.2. The van der Waals surface area contributed by atoms with Gasteiger partial charge in [-0.15, -0.1) is 0 Å². The molecule has 0 fully saturated rings. The lowest BCUT2D eigenvalue weighted by atomic mass is 10.00. The highest BCUT2D eigenvalue weighted by atomic mass is 19.4. The van der Waals surface area contributed by atoms with E-state index in [9.17, 15) is 22.8 Å². The summed E-state index contributed by atoms with van der Waals surface area (Å²) >= 11 is 0. The first-order valence-electron chi connectivity index (χ1n) is 12.9. The van der Waals surface area contributed by atoms with Crippen LogP contribution in [0.3, 0.4) is 0 Å². The van der Waals surface area contributed by atoms with Gasteiger partial charge in [0.25, 0.3) is 5.76 Å². The summed E-state index contributed by atoms with van der Waals surface area (Å²) in [5.41, 5.74) is 2.33.